The van der Waals surface area contributed by atoms with Crippen LogP contribution in [0.5, 0.6) is 11.5 Å². The van der Waals surface area contributed by atoms with Crippen molar-refractivity contribution in [1.82, 2.24) is 0 Å². The van der Waals surface area contributed by atoms with Crippen LogP contribution < -0.4 is 14.9 Å². The Labute approximate surface area is 166 Å². The average Bonchev–Trinajstić information content (AvgIpc) is 2.73. The largest absolute Gasteiger partial charge is 0.496 e. The second-order valence-electron chi connectivity index (χ2n) is 6.24. The number of hydrogen-bond acceptors (Lipinski definition) is 4. The van der Waals surface area contributed by atoms with E-state index in [-0.39, 0.29) is 5.43 Å². The van der Waals surface area contributed by atoms with Crippen molar-refractivity contribution in [2.45, 2.75) is 6.61 Å². The molecule has 4 aromatic rings. The summed E-state index contributed by atoms with van der Waals surface area (Å²) in [6.07, 6.45) is 1.47. The van der Waals surface area contributed by atoms with Gasteiger partial charge in [0.05, 0.1) is 18.1 Å². The van der Waals surface area contributed by atoms with Crippen molar-refractivity contribution in [3.05, 3.63) is 93.8 Å². The maximum absolute atomic E-state index is 12.8. The second kappa shape index (κ2) is 7.79. The molecule has 4 nitrogen and oxygen atoms in total. The molecule has 0 radical (unpaired) electrons. The molecule has 0 saturated carbocycles. The van der Waals surface area contributed by atoms with E-state index < -0.39 is 0 Å². The molecule has 28 heavy (non-hydrogen) atoms. The lowest BCUT2D eigenvalue weighted by atomic mass is 10.1. The highest BCUT2D eigenvalue weighted by Crippen LogP contribution is 2.25. The van der Waals surface area contributed by atoms with E-state index in [4.69, 9.17) is 25.5 Å². The van der Waals surface area contributed by atoms with E-state index in [1.165, 1.54) is 6.26 Å². The zero-order chi connectivity index (χ0) is 19.5. The lowest BCUT2D eigenvalue weighted by Gasteiger charge is -2.10. The van der Waals surface area contributed by atoms with Gasteiger partial charge in [-0.25, -0.2) is 0 Å². The Morgan fingerprint density at radius 1 is 1.00 bits per heavy atom. The van der Waals surface area contributed by atoms with Gasteiger partial charge in [-0.05, 0) is 35.9 Å². The van der Waals surface area contributed by atoms with Crippen LogP contribution in [0.2, 0.25) is 5.02 Å². The number of rotatable bonds is 5. The van der Waals surface area contributed by atoms with E-state index in [1.54, 1.807) is 49.6 Å². The van der Waals surface area contributed by atoms with Crippen LogP contribution in [0.4, 0.5) is 0 Å². The number of para-hydroxylation sites is 1. The zero-order valence-corrected chi connectivity index (χ0v) is 15.9. The zero-order valence-electron chi connectivity index (χ0n) is 15.1. The number of benzene rings is 3. The van der Waals surface area contributed by atoms with E-state index >= 15 is 0 Å². The number of fused-ring (bicyclic) bond motifs is 1. The molecule has 0 N–H and O–H groups in total. The molecule has 0 saturated heterocycles. The average molecular weight is 393 g/mol. The van der Waals surface area contributed by atoms with E-state index in [9.17, 15) is 4.79 Å². The Hall–Kier alpha value is -3.24. The normalized spacial score (nSPS) is 10.8. The Morgan fingerprint density at radius 3 is 2.57 bits per heavy atom. The minimum absolute atomic E-state index is 0.0974. The first-order valence-electron chi connectivity index (χ1n) is 8.72. The number of hydrogen-bond donors (Lipinski definition) is 0. The highest BCUT2D eigenvalue weighted by atomic mass is 35.5. The molecule has 3 aromatic carbocycles. The van der Waals surface area contributed by atoms with Crippen molar-refractivity contribution in [2.75, 3.05) is 7.11 Å². The summed E-state index contributed by atoms with van der Waals surface area (Å²) in [4.78, 5) is 12.8. The molecule has 0 atom stereocenters. The molecule has 0 unspecified atom stereocenters. The van der Waals surface area contributed by atoms with E-state index in [2.05, 4.69) is 0 Å². The predicted molar refractivity (Wildman–Crippen MR) is 110 cm³/mol. The van der Waals surface area contributed by atoms with E-state index in [0.29, 0.717) is 33.9 Å². The molecular formula is C23H17ClO4. The van der Waals surface area contributed by atoms with Crippen molar-refractivity contribution < 1.29 is 13.9 Å². The van der Waals surface area contributed by atoms with Crippen LogP contribution in [-0.4, -0.2) is 7.11 Å². The van der Waals surface area contributed by atoms with Crippen LogP contribution in [0.25, 0.3) is 22.1 Å². The lowest BCUT2D eigenvalue weighted by molar-refractivity contribution is 0.296. The van der Waals surface area contributed by atoms with Crippen LogP contribution in [0, 0.1) is 0 Å². The van der Waals surface area contributed by atoms with Gasteiger partial charge < -0.3 is 13.9 Å². The first kappa shape index (κ1) is 18.1. The van der Waals surface area contributed by atoms with Crippen molar-refractivity contribution in [3.63, 3.8) is 0 Å². The van der Waals surface area contributed by atoms with Gasteiger partial charge in [-0.2, -0.15) is 0 Å². The Balaban J connectivity index is 1.62. The quantitative estimate of drug-likeness (QED) is 0.437. The van der Waals surface area contributed by atoms with Crippen molar-refractivity contribution in [1.29, 1.82) is 0 Å². The first-order chi connectivity index (χ1) is 13.7. The summed E-state index contributed by atoms with van der Waals surface area (Å²) in [5, 5.41) is 1.11. The van der Waals surface area contributed by atoms with Crippen LogP contribution in [0.15, 0.2) is 82.2 Å². The summed E-state index contributed by atoms with van der Waals surface area (Å²) >= 11 is 5.92. The molecule has 140 valence electrons. The molecule has 5 heteroatoms. The van der Waals surface area contributed by atoms with Crippen LogP contribution in [0.3, 0.4) is 0 Å². The number of ether oxygens (including phenoxy) is 2. The molecule has 0 aliphatic heterocycles. The maximum atomic E-state index is 12.8. The minimum Gasteiger partial charge on any atom is -0.496 e. The predicted octanol–water partition coefficient (Wildman–Crippen LogP) is 5.70. The van der Waals surface area contributed by atoms with Gasteiger partial charge in [0.15, 0.2) is 5.43 Å². The molecule has 1 heterocycles. The van der Waals surface area contributed by atoms with Crippen LogP contribution in [0.1, 0.15) is 5.56 Å². The first-order valence-corrected chi connectivity index (χ1v) is 9.10. The van der Waals surface area contributed by atoms with Crippen molar-refractivity contribution >= 4 is 22.6 Å². The summed E-state index contributed by atoms with van der Waals surface area (Å²) in [6.45, 7) is 0.350. The van der Waals surface area contributed by atoms with Crippen molar-refractivity contribution in [3.8, 4) is 22.6 Å². The van der Waals surface area contributed by atoms with Gasteiger partial charge in [0.25, 0.3) is 0 Å². The van der Waals surface area contributed by atoms with Gasteiger partial charge in [0.1, 0.15) is 30.0 Å². The van der Waals surface area contributed by atoms with E-state index in [1.807, 2.05) is 24.3 Å². The van der Waals surface area contributed by atoms with Crippen molar-refractivity contribution in [2.24, 2.45) is 0 Å². The molecular weight excluding hydrogens is 376 g/mol. The third-order valence-corrected chi connectivity index (χ3v) is 4.74. The van der Waals surface area contributed by atoms with Gasteiger partial charge >= 0.3 is 0 Å². The molecule has 1 aromatic heterocycles. The SMILES string of the molecule is COc1ccccc1COc1ccc2c(=O)c(-c3ccc(Cl)cc3)coc2c1. The molecule has 0 amide bonds. The minimum atomic E-state index is -0.0974. The fourth-order valence-corrected chi connectivity index (χ4v) is 3.14. The van der Waals surface area contributed by atoms with Gasteiger partial charge in [-0.3, -0.25) is 4.79 Å². The van der Waals surface area contributed by atoms with E-state index in [0.717, 1.165) is 16.9 Å². The summed E-state index contributed by atoms with van der Waals surface area (Å²) in [5.41, 5.74) is 2.56. The maximum Gasteiger partial charge on any atom is 0.200 e. The van der Waals surface area contributed by atoms with Crippen LogP contribution >= 0.6 is 11.6 Å². The standard InChI is InChI=1S/C23H17ClO4/c1-26-21-5-3-2-4-16(21)13-27-18-10-11-19-22(12-18)28-14-20(23(19)25)15-6-8-17(24)9-7-15/h2-12,14H,13H2,1H3. The summed E-state index contributed by atoms with van der Waals surface area (Å²) in [6, 6.07) is 20.0. The number of halogens is 1. The summed E-state index contributed by atoms with van der Waals surface area (Å²) in [5.74, 6) is 1.38. The van der Waals surface area contributed by atoms with Gasteiger partial charge in [-0.1, -0.05) is 41.9 Å². The third-order valence-electron chi connectivity index (χ3n) is 4.49. The molecule has 0 aliphatic carbocycles. The Kier molecular flexibility index (Phi) is 5.04. The topological polar surface area (TPSA) is 48.7 Å². The van der Waals surface area contributed by atoms with Crippen LogP contribution in [-0.2, 0) is 6.61 Å². The highest BCUT2D eigenvalue weighted by molar-refractivity contribution is 6.30. The fourth-order valence-electron chi connectivity index (χ4n) is 3.01. The molecule has 0 fully saturated rings. The summed E-state index contributed by atoms with van der Waals surface area (Å²) in [7, 11) is 1.63. The second-order valence-corrected chi connectivity index (χ2v) is 6.68. The lowest BCUT2D eigenvalue weighted by Crippen LogP contribution is -2.05. The monoisotopic (exact) mass is 392 g/mol. The Morgan fingerprint density at radius 2 is 1.79 bits per heavy atom. The molecule has 0 bridgehead atoms. The highest BCUT2D eigenvalue weighted by Gasteiger charge is 2.11. The molecule has 4 rings (SSSR count). The fraction of sp³-hybridized carbons (Fsp3) is 0.0870. The smallest absolute Gasteiger partial charge is 0.200 e. The molecule has 0 spiro atoms. The van der Waals surface area contributed by atoms with Gasteiger partial charge in [0.2, 0.25) is 0 Å². The molecule has 0 aliphatic rings. The number of methoxy groups -OCH3 is 1. The third kappa shape index (κ3) is 3.59. The van der Waals surface area contributed by atoms with Gasteiger partial charge in [-0.15, -0.1) is 0 Å². The van der Waals surface area contributed by atoms with Gasteiger partial charge in [0, 0.05) is 16.7 Å². The summed E-state index contributed by atoms with van der Waals surface area (Å²) < 4.78 is 16.9. The Bertz CT molecular complexity index is 1180.